The van der Waals surface area contributed by atoms with E-state index in [1.807, 2.05) is 6.20 Å². The fourth-order valence-corrected chi connectivity index (χ4v) is 2.74. The van der Waals surface area contributed by atoms with E-state index in [0.717, 1.165) is 18.7 Å². The Morgan fingerprint density at radius 3 is 3.06 bits per heavy atom. The summed E-state index contributed by atoms with van der Waals surface area (Å²) in [4.78, 5) is 15.6. The molecule has 0 radical (unpaired) electrons. The van der Waals surface area contributed by atoms with Crippen LogP contribution >= 0.6 is 0 Å². The molecule has 0 amide bonds. The van der Waals surface area contributed by atoms with E-state index in [0.29, 0.717) is 12.8 Å². The molecule has 0 aliphatic heterocycles. The van der Waals surface area contributed by atoms with Gasteiger partial charge in [0.25, 0.3) is 0 Å². The van der Waals surface area contributed by atoms with Gasteiger partial charge in [-0.05, 0) is 26.3 Å². The summed E-state index contributed by atoms with van der Waals surface area (Å²) < 4.78 is 2.13. The predicted octanol–water partition coefficient (Wildman–Crippen LogP) is 1.21. The smallest absolute Gasteiger partial charge is 0.323 e. The monoisotopic (exact) mass is 237 g/mol. The van der Waals surface area contributed by atoms with Crippen molar-refractivity contribution < 1.29 is 9.90 Å². The number of nitrogens with zero attached hydrogens (tertiary/aromatic N) is 2. The van der Waals surface area contributed by atoms with Gasteiger partial charge in [0.1, 0.15) is 11.4 Å². The van der Waals surface area contributed by atoms with Crippen LogP contribution < -0.4 is 5.32 Å². The van der Waals surface area contributed by atoms with Gasteiger partial charge in [-0.2, -0.15) is 0 Å². The lowest BCUT2D eigenvalue weighted by atomic mass is 9.98. The first-order valence-corrected chi connectivity index (χ1v) is 6.07. The van der Waals surface area contributed by atoms with Crippen molar-refractivity contribution in [2.45, 2.75) is 44.2 Å². The molecular formula is C12H19N3O2. The Labute approximate surface area is 101 Å². The van der Waals surface area contributed by atoms with Gasteiger partial charge in [0.05, 0.1) is 0 Å². The molecule has 94 valence electrons. The lowest BCUT2D eigenvalue weighted by Gasteiger charge is -2.24. The minimum atomic E-state index is -0.764. The van der Waals surface area contributed by atoms with Gasteiger partial charge in [-0.15, -0.1) is 0 Å². The van der Waals surface area contributed by atoms with Gasteiger partial charge < -0.3 is 15.0 Å². The second-order valence-corrected chi connectivity index (χ2v) is 4.64. The average molecular weight is 237 g/mol. The molecule has 1 heterocycles. The Balaban J connectivity index is 2.20. The summed E-state index contributed by atoms with van der Waals surface area (Å²) in [5.74, 6) is 0.285. The molecule has 17 heavy (non-hydrogen) atoms. The minimum Gasteiger partial charge on any atom is -0.480 e. The van der Waals surface area contributed by atoms with Crippen LogP contribution in [-0.4, -0.2) is 33.2 Å². The number of likely N-dealkylation sites (N-methyl/N-ethyl adjacent to an activating group) is 1. The molecule has 1 aliphatic carbocycles. The van der Waals surface area contributed by atoms with Crippen LogP contribution in [-0.2, 0) is 11.2 Å². The Morgan fingerprint density at radius 1 is 1.76 bits per heavy atom. The van der Waals surface area contributed by atoms with E-state index in [4.69, 9.17) is 0 Å². The van der Waals surface area contributed by atoms with Crippen LogP contribution in [0.15, 0.2) is 12.4 Å². The summed E-state index contributed by atoms with van der Waals surface area (Å²) in [6.45, 7) is 2.07. The van der Waals surface area contributed by atoms with Gasteiger partial charge in [-0.1, -0.05) is 6.92 Å². The number of carbonyl (C=O) groups is 1. The second-order valence-electron chi connectivity index (χ2n) is 4.64. The molecule has 2 rings (SSSR count). The first-order chi connectivity index (χ1) is 8.13. The standard InChI is InChI=1S/C12H19N3O2/c1-3-10-14-6-7-15(10)9-4-5-12(8-9,13-2)11(16)17/h6-7,9,13H,3-5,8H2,1-2H3,(H,16,17). The Morgan fingerprint density at radius 2 is 2.53 bits per heavy atom. The van der Waals surface area contributed by atoms with Crippen molar-refractivity contribution in [3.63, 3.8) is 0 Å². The molecule has 1 fully saturated rings. The van der Waals surface area contributed by atoms with Crippen LogP contribution in [0.25, 0.3) is 0 Å². The Hall–Kier alpha value is -1.36. The summed E-state index contributed by atoms with van der Waals surface area (Å²) in [5.41, 5.74) is -0.764. The van der Waals surface area contributed by atoms with Crippen LogP contribution in [0.2, 0.25) is 0 Å². The van der Waals surface area contributed by atoms with Crippen molar-refractivity contribution in [3.05, 3.63) is 18.2 Å². The first-order valence-electron chi connectivity index (χ1n) is 6.07. The third kappa shape index (κ3) is 1.95. The average Bonchev–Trinajstić information content (AvgIpc) is 2.95. The Kier molecular flexibility index (Phi) is 3.19. The maximum atomic E-state index is 11.3. The number of nitrogens with one attached hydrogen (secondary N) is 1. The number of aromatic nitrogens is 2. The third-order valence-corrected chi connectivity index (χ3v) is 3.83. The third-order valence-electron chi connectivity index (χ3n) is 3.83. The topological polar surface area (TPSA) is 67.2 Å². The maximum Gasteiger partial charge on any atom is 0.323 e. The molecule has 0 saturated heterocycles. The van der Waals surface area contributed by atoms with E-state index >= 15 is 0 Å². The summed E-state index contributed by atoms with van der Waals surface area (Å²) >= 11 is 0. The van der Waals surface area contributed by atoms with Gasteiger partial charge in [0.2, 0.25) is 0 Å². The zero-order valence-corrected chi connectivity index (χ0v) is 10.3. The highest BCUT2D eigenvalue weighted by Crippen LogP contribution is 2.38. The normalized spacial score (nSPS) is 28.5. The molecule has 0 spiro atoms. The van der Waals surface area contributed by atoms with Crippen LogP contribution in [0.4, 0.5) is 0 Å². The van der Waals surface area contributed by atoms with Crippen LogP contribution in [0.1, 0.15) is 38.1 Å². The molecule has 1 saturated carbocycles. The summed E-state index contributed by atoms with van der Waals surface area (Å²) in [5, 5.41) is 12.3. The molecule has 2 atom stereocenters. The number of imidazole rings is 1. The number of rotatable bonds is 4. The molecule has 5 nitrogen and oxygen atoms in total. The maximum absolute atomic E-state index is 11.3. The van der Waals surface area contributed by atoms with E-state index in [1.165, 1.54) is 0 Å². The molecule has 1 aromatic rings. The highest BCUT2D eigenvalue weighted by molar-refractivity contribution is 5.79. The van der Waals surface area contributed by atoms with E-state index in [1.54, 1.807) is 13.2 Å². The minimum absolute atomic E-state index is 0.246. The number of hydrogen-bond donors (Lipinski definition) is 2. The van der Waals surface area contributed by atoms with Crippen molar-refractivity contribution >= 4 is 5.97 Å². The molecule has 1 aromatic heterocycles. The van der Waals surface area contributed by atoms with E-state index < -0.39 is 11.5 Å². The summed E-state index contributed by atoms with van der Waals surface area (Å²) in [7, 11) is 1.73. The van der Waals surface area contributed by atoms with Crippen molar-refractivity contribution in [3.8, 4) is 0 Å². The van der Waals surface area contributed by atoms with Crippen molar-refractivity contribution in [1.29, 1.82) is 0 Å². The SMILES string of the molecule is CCc1nccn1C1CCC(NC)(C(=O)O)C1. The number of carboxylic acid groups (broad SMARTS) is 1. The van der Waals surface area contributed by atoms with Crippen LogP contribution in [0, 0.1) is 0 Å². The second kappa shape index (κ2) is 4.49. The molecule has 0 aromatic carbocycles. The zero-order chi connectivity index (χ0) is 12.5. The van der Waals surface area contributed by atoms with Gasteiger partial charge >= 0.3 is 5.97 Å². The first kappa shape index (κ1) is 12.1. The van der Waals surface area contributed by atoms with Gasteiger partial charge in [-0.3, -0.25) is 4.79 Å². The highest BCUT2D eigenvalue weighted by atomic mass is 16.4. The van der Waals surface area contributed by atoms with E-state index in [-0.39, 0.29) is 6.04 Å². The quantitative estimate of drug-likeness (QED) is 0.826. The number of aliphatic carboxylic acids is 1. The van der Waals surface area contributed by atoms with E-state index in [9.17, 15) is 9.90 Å². The fraction of sp³-hybridized carbons (Fsp3) is 0.667. The molecule has 1 aliphatic rings. The molecule has 5 heteroatoms. The molecule has 2 unspecified atom stereocenters. The molecule has 2 N–H and O–H groups in total. The fourth-order valence-electron chi connectivity index (χ4n) is 2.74. The van der Waals surface area contributed by atoms with Crippen molar-refractivity contribution in [2.24, 2.45) is 0 Å². The van der Waals surface area contributed by atoms with Crippen LogP contribution in [0.5, 0.6) is 0 Å². The van der Waals surface area contributed by atoms with Crippen LogP contribution in [0.3, 0.4) is 0 Å². The largest absolute Gasteiger partial charge is 0.480 e. The predicted molar refractivity (Wildman–Crippen MR) is 63.9 cm³/mol. The van der Waals surface area contributed by atoms with Crippen molar-refractivity contribution in [1.82, 2.24) is 14.9 Å². The summed E-state index contributed by atoms with van der Waals surface area (Å²) in [6.07, 6.45) is 6.81. The number of hydrogen-bond acceptors (Lipinski definition) is 3. The van der Waals surface area contributed by atoms with Gasteiger partial charge in [-0.25, -0.2) is 4.98 Å². The summed E-state index contributed by atoms with van der Waals surface area (Å²) in [6, 6.07) is 0.246. The van der Waals surface area contributed by atoms with Crippen molar-refractivity contribution in [2.75, 3.05) is 7.05 Å². The van der Waals surface area contributed by atoms with Gasteiger partial charge in [0, 0.05) is 24.9 Å². The lowest BCUT2D eigenvalue weighted by Crippen LogP contribution is -2.48. The van der Waals surface area contributed by atoms with E-state index in [2.05, 4.69) is 21.8 Å². The zero-order valence-electron chi connectivity index (χ0n) is 10.3. The Bertz CT molecular complexity index is 416. The number of aryl methyl sites for hydroxylation is 1. The highest BCUT2D eigenvalue weighted by Gasteiger charge is 2.45. The lowest BCUT2D eigenvalue weighted by molar-refractivity contribution is -0.144. The van der Waals surface area contributed by atoms with Gasteiger partial charge in [0.15, 0.2) is 0 Å². The number of carboxylic acids is 1. The molecular weight excluding hydrogens is 218 g/mol. The molecule has 0 bridgehead atoms.